The Kier molecular flexibility index (Phi) is 3.31. The molecule has 1 aromatic rings. The minimum Gasteiger partial charge on any atom is -0.395 e. The zero-order chi connectivity index (χ0) is 12.6. The minimum absolute atomic E-state index is 0.150. The van der Waals surface area contributed by atoms with E-state index in [2.05, 4.69) is 39.0 Å². The van der Waals surface area contributed by atoms with Gasteiger partial charge < -0.3 is 5.11 Å². The Morgan fingerprint density at radius 1 is 1.24 bits per heavy atom. The molecule has 1 aromatic carbocycles. The fraction of sp³-hybridized carbons (Fsp3) is 0.562. The van der Waals surface area contributed by atoms with Crippen molar-refractivity contribution in [1.82, 2.24) is 0 Å². The van der Waals surface area contributed by atoms with Crippen LogP contribution in [0.5, 0.6) is 0 Å². The topological polar surface area (TPSA) is 20.2 Å². The maximum Gasteiger partial charge on any atom is 0.0534 e. The molecule has 1 nitrogen and oxygen atoms in total. The highest BCUT2D eigenvalue weighted by Crippen LogP contribution is 2.42. The number of aliphatic hydroxyl groups excluding tert-OH is 1. The van der Waals surface area contributed by atoms with Gasteiger partial charge in [0.25, 0.3) is 0 Å². The summed E-state index contributed by atoms with van der Waals surface area (Å²) in [5, 5.41) is 9.29. The summed E-state index contributed by atoms with van der Waals surface area (Å²) < 4.78 is 0. The Bertz CT molecular complexity index is 396. The summed E-state index contributed by atoms with van der Waals surface area (Å²) in [7, 11) is 0. The summed E-state index contributed by atoms with van der Waals surface area (Å²) >= 11 is 0. The van der Waals surface area contributed by atoms with E-state index in [-0.39, 0.29) is 12.0 Å². The maximum atomic E-state index is 9.29. The first-order chi connectivity index (χ1) is 7.91. The van der Waals surface area contributed by atoms with E-state index in [4.69, 9.17) is 0 Å². The van der Waals surface area contributed by atoms with Crippen LogP contribution in [0.2, 0.25) is 0 Å². The number of rotatable bonds is 3. The second kappa shape index (κ2) is 4.45. The summed E-state index contributed by atoms with van der Waals surface area (Å²) in [6.45, 7) is 8.90. The Hall–Kier alpha value is -0.820. The molecule has 1 aliphatic carbocycles. The lowest BCUT2D eigenvalue weighted by Gasteiger charge is -2.22. The second-order valence-electron chi connectivity index (χ2n) is 6.31. The average Bonchev–Trinajstić information content (AvgIpc) is 3.10. The van der Waals surface area contributed by atoms with Crippen molar-refractivity contribution in [2.45, 2.75) is 51.9 Å². The SMILES string of the molecule is C[C](CO)c1cc(C2CC2)cc(C(C)(C)C)c1. The third-order valence-electron chi connectivity index (χ3n) is 3.60. The van der Waals surface area contributed by atoms with Gasteiger partial charge in [0.15, 0.2) is 0 Å². The highest BCUT2D eigenvalue weighted by atomic mass is 16.3. The molecule has 0 atom stereocenters. The van der Waals surface area contributed by atoms with Crippen molar-refractivity contribution in [2.75, 3.05) is 6.61 Å². The van der Waals surface area contributed by atoms with Gasteiger partial charge in [0, 0.05) is 5.92 Å². The van der Waals surface area contributed by atoms with E-state index < -0.39 is 0 Å². The zero-order valence-electron chi connectivity index (χ0n) is 11.4. The van der Waals surface area contributed by atoms with Crippen LogP contribution in [-0.4, -0.2) is 11.7 Å². The van der Waals surface area contributed by atoms with Gasteiger partial charge in [-0.3, -0.25) is 0 Å². The smallest absolute Gasteiger partial charge is 0.0534 e. The van der Waals surface area contributed by atoms with Gasteiger partial charge in [0.05, 0.1) is 6.61 Å². The molecule has 1 saturated carbocycles. The van der Waals surface area contributed by atoms with E-state index in [1.807, 2.05) is 6.92 Å². The van der Waals surface area contributed by atoms with E-state index in [1.54, 1.807) is 0 Å². The van der Waals surface area contributed by atoms with Gasteiger partial charge in [-0.05, 0) is 40.9 Å². The highest BCUT2D eigenvalue weighted by Gasteiger charge is 2.26. The molecule has 17 heavy (non-hydrogen) atoms. The standard InChI is InChI=1S/C16H23O/c1-11(10-17)13-7-14(12-5-6-12)9-15(8-13)16(2,3)4/h7-9,12,17H,5-6,10H2,1-4H3. The van der Waals surface area contributed by atoms with Crippen LogP contribution in [0, 0.1) is 5.92 Å². The van der Waals surface area contributed by atoms with Crippen molar-refractivity contribution in [3.8, 4) is 0 Å². The zero-order valence-corrected chi connectivity index (χ0v) is 11.4. The van der Waals surface area contributed by atoms with Gasteiger partial charge in [-0.1, -0.05) is 45.9 Å². The Morgan fingerprint density at radius 2 is 1.88 bits per heavy atom. The van der Waals surface area contributed by atoms with Gasteiger partial charge >= 0.3 is 0 Å². The summed E-state index contributed by atoms with van der Waals surface area (Å²) in [6.07, 6.45) is 2.65. The van der Waals surface area contributed by atoms with Crippen molar-refractivity contribution in [2.24, 2.45) is 0 Å². The Morgan fingerprint density at radius 3 is 2.35 bits per heavy atom. The van der Waals surface area contributed by atoms with Crippen molar-refractivity contribution in [1.29, 1.82) is 0 Å². The normalized spacial score (nSPS) is 16.6. The van der Waals surface area contributed by atoms with Crippen LogP contribution >= 0.6 is 0 Å². The molecule has 2 rings (SSSR count). The number of hydrogen-bond donors (Lipinski definition) is 1. The molecule has 0 aromatic heterocycles. The summed E-state index contributed by atoms with van der Waals surface area (Å²) in [5.41, 5.74) is 4.22. The van der Waals surface area contributed by atoms with Crippen LogP contribution in [0.15, 0.2) is 18.2 Å². The average molecular weight is 231 g/mol. The summed E-state index contributed by atoms with van der Waals surface area (Å²) in [5.74, 6) is 1.83. The van der Waals surface area contributed by atoms with E-state index in [0.717, 1.165) is 11.8 Å². The molecule has 1 aliphatic rings. The third-order valence-corrected chi connectivity index (χ3v) is 3.60. The van der Waals surface area contributed by atoms with Gasteiger partial charge in [0.1, 0.15) is 0 Å². The molecule has 1 N–H and O–H groups in total. The van der Waals surface area contributed by atoms with E-state index >= 15 is 0 Å². The Balaban J connectivity index is 2.42. The quantitative estimate of drug-likeness (QED) is 0.839. The number of hydrogen-bond acceptors (Lipinski definition) is 1. The lowest BCUT2D eigenvalue weighted by atomic mass is 9.83. The fourth-order valence-electron chi connectivity index (χ4n) is 2.07. The predicted octanol–water partition coefficient (Wildman–Crippen LogP) is 3.80. The molecule has 0 bridgehead atoms. The number of benzene rings is 1. The van der Waals surface area contributed by atoms with Crippen molar-refractivity contribution >= 4 is 0 Å². The first kappa shape index (κ1) is 12.6. The number of aliphatic hydroxyl groups is 1. The molecule has 0 aliphatic heterocycles. The molecule has 1 heteroatoms. The van der Waals surface area contributed by atoms with Gasteiger partial charge in [-0.2, -0.15) is 0 Å². The van der Waals surface area contributed by atoms with E-state index in [9.17, 15) is 5.11 Å². The lowest BCUT2D eigenvalue weighted by molar-refractivity contribution is 0.315. The first-order valence-corrected chi connectivity index (χ1v) is 6.51. The fourth-order valence-corrected chi connectivity index (χ4v) is 2.07. The predicted molar refractivity (Wildman–Crippen MR) is 72.2 cm³/mol. The first-order valence-electron chi connectivity index (χ1n) is 6.51. The van der Waals surface area contributed by atoms with Crippen LogP contribution in [0.25, 0.3) is 0 Å². The van der Waals surface area contributed by atoms with Crippen LogP contribution in [0.1, 0.15) is 63.1 Å². The highest BCUT2D eigenvalue weighted by molar-refractivity contribution is 5.42. The molecule has 0 amide bonds. The molecule has 0 unspecified atom stereocenters. The molecule has 0 spiro atoms. The summed E-state index contributed by atoms with van der Waals surface area (Å²) in [6, 6.07) is 6.85. The van der Waals surface area contributed by atoms with Crippen LogP contribution in [0.4, 0.5) is 0 Å². The monoisotopic (exact) mass is 231 g/mol. The Labute approximate surface area is 105 Å². The molecule has 1 radical (unpaired) electrons. The molecule has 1 fully saturated rings. The van der Waals surface area contributed by atoms with Crippen LogP contribution in [0.3, 0.4) is 0 Å². The van der Waals surface area contributed by atoms with Gasteiger partial charge in [0.2, 0.25) is 0 Å². The molecular formula is C16H23O. The van der Waals surface area contributed by atoms with E-state index in [0.29, 0.717) is 0 Å². The van der Waals surface area contributed by atoms with Crippen molar-refractivity contribution < 1.29 is 5.11 Å². The van der Waals surface area contributed by atoms with Crippen molar-refractivity contribution in [3.05, 3.63) is 40.8 Å². The lowest BCUT2D eigenvalue weighted by Crippen LogP contribution is -2.13. The molecule has 0 heterocycles. The largest absolute Gasteiger partial charge is 0.395 e. The minimum atomic E-state index is 0.150. The van der Waals surface area contributed by atoms with E-state index in [1.165, 1.54) is 29.5 Å². The van der Waals surface area contributed by atoms with Crippen LogP contribution < -0.4 is 0 Å². The second-order valence-corrected chi connectivity index (χ2v) is 6.31. The maximum absolute atomic E-state index is 9.29. The molecular weight excluding hydrogens is 208 g/mol. The van der Waals surface area contributed by atoms with Gasteiger partial charge in [-0.25, -0.2) is 0 Å². The summed E-state index contributed by atoms with van der Waals surface area (Å²) in [4.78, 5) is 0. The molecule has 93 valence electrons. The molecule has 0 saturated heterocycles. The van der Waals surface area contributed by atoms with Gasteiger partial charge in [-0.15, -0.1) is 0 Å². The van der Waals surface area contributed by atoms with Crippen molar-refractivity contribution in [3.63, 3.8) is 0 Å². The van der Waals surface area contributed by atoms with Crippen LogP contribution in [-0.2, 0) is 5.41 Å². The third kappa shape index (κ3) is 2.90.